The summed E-state index contributed by atoms with van der Waals surface area (Å²) in [6.45, 7) is 8.24. The van der Waals surface area contributed by atoms with E-state index in [0.29, 0.717) is 17.1 Å². The van der Waals surface area contributed by atoms with Crippen molar-refractivity contribution < 1.29 is 33.3 Å². The van der Waals surface area contributed by atoms with Gasteiger partial charge in [0, 0.05) is 11.6 Å². The van der Waals surface area contributed by atoms with Gasteiger partial charge in [-0.3, -0.25) is 0 Å². The van der Waals surface area contributed by atoms with Gasteiger partial charge >= 0.3 is 18.1 Å². The number of carbonyl (C=O) groups is 3. The van der Waals surface area contributed by atoms with E-state index < -0.39 is 18.1 Å². The molecule has 35 heavy (non-hydrogen) atoms. The Morgan fingerprint density at radius 1 is 0.686 bits per heavy atom. The third-order valence-corrected chi connectivity index (χ3v) is 4.73. The number of rotatable bonds is 9. The molecule has 0 saturated carbocycles. The summed E-state index contributed by atoms with van der Waals surface area (Å²) in [5, 5.41) is 0. The molecule has 3 aromatic rings. The molecule has 0 radical (unpaired) electrons. The molecule has 0 aliphatic rings. The molecule has 0 N–H and O–H groups in total. The highest BCUT2D eigenvalue weighted by Gasteiger charge is 2.08. The van der Waals surface area contributed by atoms with Crippen LogP contribution in [0.5, 0.6) is 11.5 Å². The van der Waals surface area contributed by atoms with Crippen LogP contribution in [0, 0.1) is 0 Å². The van der Waals surface area contributed by atoms with Gasteiger partial charge in [0.05, 0.1) is 0 Å². The van der Waals surface area contributed by atoms with E-state index in [9.17, 15) is 14.4 Å². The van der Waals surface area contributed by atoms with E-state index in [0.717, 1.165) is 28.3 Å². The van der Waals surface area contributed by atoms with Crippen LogP contribution >= 0.6 is 0 Å². The first-order valence-corrected chi connectivity index (χ1v) is 10.7. The average molecular weight is 472 g/mol. The number of benzene rings is 3. The largest absolute Gasteiger partial charge is 0.513 e. The van der Waals surface area contributed by atoms with Gasteiger partial charge in [0.2, 0.25) is 0 Å². The van der Waals surface area contributed by atoms with Gasteiger partial charge in [-0.1, -0.05) is 61.7 Å². The summed E-state index contributed by atoms with van der Waals surface area (Å²) in [7, 11) is 0. The fourth-order valence-electron chi connectivity index (χ4n) is 2.93. The molecule has 0 bridgehead atoms. The van der Waals surface area contributed by atoms with Crippen LogP contribution in [0.25, 0.3) is 22.3 Å². The molecule has 3 rings (SSSR count). The molecule has 7 heteroatoms. The monoisotopic (exact) mass is 472 g/mol. The lowest BCUT2D eigenvalue weighted by Gasteiger charge is -2.08. The van der Waals surface area contributed by atoms with Gasteiger partial charge in [-0.2, -0.15) is 0 Å². The molecule has 0 aromatic heterocycles. The SMILES string of the molecule is C=CC(=O)OCCOC(=O)Oc1ccc(-c2ccc(-c3ccc(OC(=O)C(=C)C)cc3)cc2)cc1. The minimum Gasteiger partial charge on any atom is -0.459 e. The molecule has 0 heterocycles. The van der Waals surface area contributed by atoms with Crippen LogP contribution < -0.4 is 9.47 Å². The van der Waals surface area contributed by atoms with Gasteiger partial charge in [-0.05, 0) is 53.4 Å². The molecule has 178 valence electrons. The lowest BCUT2D eigenvalue weighted by Crippen LogP contribution is -2.15. The van der Waals surface area contributed by atoms with Crippen molar-refractivity contribution >= 4 is 18.1 Å². The average Bonchev–Trinajstić information content (AvgIpc) is 2.87. The minimum atomic E-state index is -0.892. The van der Waals surface area contributed by atoms with Crippen molar-refractivity contribution in [2.24, 2.45) is 0 Å². The first-order chi connectivity index (χ1) is 16.9. The Balaban J connectivity index is 1.55. The van der Waals surface area contributed by atoms with Gasteiger partial charge in [0.25, 0.3) is 0 Å². The Hall–Kier alpha value is -4.65. The maximum atomic E-state index is 11.7. The zero-order chi connectivity index (χ0) is 25.2. The summed E-state index contributed by atoms with van der Waals surface area (Å²) in [5.41, 5.74) is 4.25. The van der Waals surface area contributed by atoms with Crippen LogP contribution in [-0.4, -0.2) is 31.3 Å². The second-order valence-corrected chi connectivity index (χ2v) is 7.37. The van der Waals surface area contributed by atoms with Gasteiger partial charge in [-0.25, -0.2) is 14.4 Å². The third-order valence-electron chi connectivity index (χ3n) is 4.73. The second-order valence-electron chi connectivity index (χ2n) is 7.37. The number of carbonyl (C=O) groups excluding carboxylic acids is 3. The Morgan fingerprint density at radius 2 is 1.09 bits per heavy atom. The number of esters is 2. The minimum absolute atomic E-state index is 0.0819. The lowest BCUT2D eigenvalue weighted by atomic mass is 10.0. The summed E-state index contributed by atoms with van der Waals surface area (Å²) in [4.78, 5) is 34.3. The summed E-state index contributed by atoms with van der Waals surface area (Å²) < 4.78 is 19.9. The lowest BCUT2D eigenvalue weighted by molar-refractivity contribution is -0.138. The standard InChI is InChI=1S/C28H24O7/c1-4-26(29)32-17-18-33-28(31)35-25-15-11-23(12-16-25)21-7-5-20(6-8-21)22-9-13-24(14-10-22)34-27(30)19(2)3/h4-16H,1-2,17-18H2,3H3. The molecule has 0 spiro atoms. The van der Waals surface area contributed by atoms with Crippen molar-refractivity contribution in [2.45, 2.75) is 6.92 Å². The smallest absolute Gasteiger partial charge is 0.459 e. The highest BCUT2D eigenvalue weighted by atomic mass is 16.7. The van der Waals surface area contributed by atoms with Crippen molar-refractivity contribution in [2.75, 3.05) is 13.2 Å². The zero-order valence-electron chi connectivity index (χ0n) is 19.2. The first-order valence-electron chi connectivity index (χ1n) is 10.7. The van der Waals surface area contributed by atoms with E-state index in [1.807, 2.05) is 48.5 Å². The van der Waals surface area contributed by atoms with E-state index in [1.165, 1.54) is 0 Å². The highest BCUT2D eigenvalue weighted by Crippen LogP contribution is 2.27. The second kappa shape index (κ2) is 12.0. The molecule has 0 aliphatic carbocycles. The van der Waals surface area contributed by atoms with Crippen molar-refractivity contribution in [1.82, 2.24) is 0 Å². The molecule has 0 saturated heterocycles. The zero-order valence-corrected chi connectivity index (χ0v) is 19.2. The molecular formula is C28H24O7. The van der Waals surface area contributed by atoms with Crippen molar-refractivity contribution in [3.05, 3.63) is 97.6 Å². The maximum Gasteiger partial charge on any atom is 0.513 e. The molecule has 7 nitrogen and oxygen atoms in total. The van der Waals surface area contributed by atoms with Crippen molar-refractivity contribution in [3.63, 3.8) is 0 Å². The van der Waals surface area contributed by atoms with E-state index in [4.69, 9.17) is 18.9 Å². The van der Waals surface area contributed by atoms with E-state index in [-0.39, 0.29) is 13.2 Å². The maximum absolute atomic E-state index is 11.7. The van der Waals surface area contributed by atoms with Crippen molar-refractivity contribution in [3.8, 4) is 33.8 Å². The molecule has 3 aromatic carbocycles. The van der Waals surface area contributed by atoms with E-state index >= 15 is 0 Å². The van der Waals surface area contributed by atoms with Crippen LogP contribution in [0.1, 0.15) is 6.92 Å². The molecule has 0 unspecified atom stereocenters. The van der Waals surface area contributed by atoms with Gasteiger partial charge in [-0.15, -0.1) is 0 Å². The first kappa shape index (κ1) is 25.0. The predicted octanol–water partition coefficient (Wildman–Crippen LogP) is 5.75. The number of ether oxygens (including phenoxy) is 4. The van der Waals surface area contributed by atoms with Crippen LogP contribution in [0.15, 0.2) is 97.6 Å². The summed E-state index contributed by atoms with van der Waals surface area (Å²) in [5.74, 6) is -0.265. The van der Waals surface area contributed by atoms with Gasteiger partial charge in [0.1, 0.15) is 24.7 Å². The Bertz CT molecular complexity index is 1210. The number of hydrogen-bond acceptors (Lipinski definition) is 7. The Morgan fingerprint density at radius 3 is 1.51 bits per heavy atom. The molecular weight excluding hydrogens is 448 g/mol. The van der Waals surface area contributed by atoms with Gasteiger partial charge < -0.3 is 18.9 Å². The van der Waals surface area contributed by atoms with Crippen LogP contribution in [0.2, 0.25) is 0 Å². The fourth-order valence-corrected chi connectivity index (χ4v) is 2.93. The highest BCUT2D eigenvalue weighted by molar-refractivity contribution is 5.88. The van der Waals surface area contributed by atoms with Crippen LogP contribution in [-0.2, 0) is 19.1 Å². The number of hydrogen-bond donors (Lipinski definition) is 0. The van der Waals surface area contributed by atoms with Crippen molar-refractivity contribution in [1.29, 1.82) is 0 Å². The summed E-state index contributed by atoms with van der Waals surface area (Å²) >= 11 is 0. The molecule has 0 aliphatic heterocycles. The molecule has 0 amide bonds. The quantitative estimate of drug-likeness (QED) is 0.129. The van der Waals surface area contributed by atoms with E-state index in [1.54, 1.807) is 31.2 Å². The van der Waals surface area contributed by atoms with Gasteiger partial charge in [0.15, 0.2) is 0 Å². The normalized spacial score (nSPS) is 10.1. The van der Waals surface area contributed by atoms with E-state index in [2.05, 4.69) is 13.2 Å². The van der Waals surface area contributed by atoms with Crippen LogP contribution in [0.3, 0.4) is 0 Å². The van der Waals surface area contributed by atoms with Crippen LogP contribution in [0.4, 0.5) is 4.79 Å². The fraction of sp³-hybridized carbons (Fsp3) is 0.107. The summed E-state index contributed by atoms with van der Waals surface area (Å²) in [6, 6.07) is 22.2. The predicted molar refractivity (Wildman–Crippen MR) is 131 cm³/mol. The Labute approximate surface area is 203 Å². The topological polar surface area (TPSA) is 88.1 Å². The molecule has 0 fully saturated rings. The summed E-state index contributed by atoms with van der Waals surface area (Å²) in [6.07, 6.45) is 0.133. The third kappa shape index (κ3) is 7.43. The molecule has 0 atom stereocenters. The Kier molecular flexibility index (Phi) is 8.56.